The maximum Gasteiger partial charge on any atom is 0.0541 e. The zero-order valence-electron chi connectivity index (χ0n) is 31.9. The molecule has 274 valence electrons. The van der Waals surface area contributed by atoms with E-state index in [1.54, 1.807) is 0 Å². The summed E-state index contributed by atoms with van der Waals surface area (Å²) in [5.74, 6) is 2.96. The maximum atomic E-state index is 2.57. The Hall–Kier alpha value is -5.64. The van der Waals surface area contributed by atoms with Gasteiger partial charge in [0.1, 0.15) is 0 Å². The number of anilines is 3. The second kappa shape index (κ2) is 13.8. The average molecular weight is 743 g/mol. The van der Waals surface area contributed by atoms with Crippen LogP contribution >= 0.6 is 11.3 Å². The largest absolute Gasteiger partial charge is 0.310 e. The number of fused-ring (bicyclic) bond motifs is 7. The highest BCUT2D eigenvalue weighted by Crippen LogP contribution is 2.53. The van der Waals surface area contributed by atoms with E-state index in [4.69, 9.17) is 0 Å². The van der Waals surface area contributed by atoms with Gasteiger partial charge in [0.05, 0.1) is 11.0 Å². The molecule has 0 aliphatic heterocycles. The molecule has 7 aromatic carbocycles. The van der Waals surface area contributed by atoms with Crippen LogP contribution in [-0.2, 0) is 0 Å². The number of hydrogen-bond donors (Lipinski definition) is 0. The molecule has 0 radical (unpaired) electrons. The molecule has 0 amide bonds. The van der Waals surface area contributed by atoms with Crippen molar-refractivity contribution in [2.45, 2.75) is 51.4 Å². The van der Waals surface area contributed by atoms with E-state index in [0.29, 0.717) is 5.92 Å². The lowest BCUT2D eigenvalue weighted by molar-refractivity contribution is 0.325. The fourth-order valence-electron chi connectivity index (χ4n) is 10.6. The van der Waals surface area contributed by atoms with E-state index < -0.39 is 0 Å². The molecule has 4 atom stereocenters. The Balaban J connectivity index is 1.03. The summed E-state index contributed by atoms with van der Waals surface area (Å²) in [6.45, 7) is 2.50. The van der Waals surface area contributed by atoms with Crippen LogP contribution in [0.25, 0.3) is 58.8 Å². The van der Waals surface area contributed by atoms with Crippen LogP contribution in [0.5, 0.6) is 0 Å². The summed E-state index contributed by atoms with van der Waals surface area (Å²) in [6.07, 6.45) is 8.20. The molecular formula is C53H46N2S. The smallest absolute Gasteiger partial charge is 0.0541 e. The molecule has 0 N–H and O–H groups in total. The highest BCUT2D eigenvalue weighted by atomic mass is 32.1. The molecule has 2 saturated carbocycles. The molecule has 56 heavy (non-hydrogen) atoms. The maximum absolute atomic E-state index is 2.57. The normalized spacial score (nSPS) is 19.8. The Bertz CT molecular complexity index is 2820. The Morgan fingerprint density at radius 1 is 0.536 bits per heavy atom. The van der Waals surface area contributed by atoms with Crippen molar-refractivity contribution in [2.75, 3.05) is 4.90 Å². The van der Waals surface area contributed by atoms with Crippen molar-refractivity contribution >= 4 is 70.4 Å². The van der Waals surface area contributed by atoms with Gasteiger partial charge in [-0.05, 0) is 120 Å². The fraction of sp³-hybridized carbons (Fsp3) is 0.208. The van der Waals surface area contributed by atoms with Crippen LogP contribution in [0.4, 0.5) is 17.1 Å². The quantitative estimate of drug-likeness (QED) is 0.165. The standard InChI is InChI=1S/C53H46N2S/c1-35-24-25-37-12-11-19-42(37)48(32-35)45-17-4-6-20-49(45)54(41-30-31-47-46-18-5-9-23-52(46)56-53(47)34-41)39-28-26-36(27-29-39)38-13-10-14-40(33-38)55-50-21-7-2-15-43(50)44-16-3-8-22-51(44)55/h2-10,13-18,20-23,26-31,33-35,37,42,48H,11-12,19,24-25,32H2,1H3/t35-,37-,42?,48?/m0/s1. The van der Waals surface area contributed by atoms with Crippen LogP contribution in [0.3, 0.4) is 0 Å². The van der Waals surface area contributed by atoms with Gasteiger partial charge in [0.2, 0.25) is 0 Å². The molecule has 2 aromatic heterocycles. The lowest BCUT2D eigenvalue weighted by atomic mass is 9.77. The van der Waals surface area contributed by atoms with Gasteiger partial charge in [0, 0.05) is 53.7 Å². The van der Waals surface area contributed by atoms with Crippen LogP contribution in [0, 0.1) is 17.8 Å². The van der Waals surface area contributed by atoms with E-state index in [2.05, 4.69) is 180 Å². The lowest BCUT2D eigenvalue weighted by Gasteiger charge is -2.34. The predicted octanol–water partition coefficient (Wildman–Crippen LogP) is 15.6. The van der Waals surface area contributed by atoms with Gasteiger partial charge in [0.25, 0.3) is 0 Å². The number of benzene rings is 7. The summed E-state index contributed by atoms with van der Waals surface area (Å²) >= 11 is 1.90. The first-order valence-corrected chi connectivity index (χ1v) is 21.5. The molecule has 9 aromatic rings. The van der Waals surface area contributed by atoms with Crippen LogP contribution in [-0.4, -0.2) is 4.57 Å². The third kappa shape index (κ3) is 5.67. The molecule has 0 bridgehead atoms. The van der Waals surface area contributed by atoms with E-state index in [0.717, 1.165) is 17.8 Å². The van der Waals surface area contributed by atoms with Crippen molar-refractivity contribution in [1.82, 2.24) is 4.57 Å². The van der Waals surface area contributed by atoms with Gasteiger partial charge in [-0.1, -0.05) is 129 Å². The van der Waals surface area contributed by atoms with Gasteiger partial charge in [0.15, 0.2) is 0 Å². The predicted molar refractivity (Wildman–Crippen MR) is 240 cm³/mol. The number of hydrogen-bond acceptors (Lipinski definition) is 2. The summed E-state index contributed by atoms with van der Waals surface area (Å²) in [4.78, 5) is 2.57. The molecule has 2 nitrogen and oxygen atoms in total. The van der Waals surface area contributed by atoms with Gasteiger partial charge in [-0.2, -0.15) is 0 Å². The topological polar surface area (TPSA) is 8.17 Å². The Kier molecular flexibility index (Phi) is 8.32. The van der Waals surface area contributed by atoms with Gasteiger partial charge < -0.3 is 9.47 Å². The first-order chi connectivity index (χ1) is 27.7. The molecule has 3 heteroatoms. The van der Waals surface area contributed by atoms with E-state index in [9.17, 15) is 0 Å². The summed E-state index contributed by atoms with van der Waals surface area (Å²) < 4.78 is 5.09. The van der Waals surface area contributed by atoms with Crippen LogP contribution in [0.15, 0.2) is 164 Å². The van der Waals surface area contributed by atoms with Gasteiger partial charge in [-0.25, -0.2) is 0 Å². The SMILES string of the molecule is C[C@H]1CC[C@@H]2CCCC2C(c2ccccc2N(c2ccc(-c3cccc(-n4c5ccccc5c5ccccc54)c3)cc2)c2ccc3c(c2)sc2ccccc23)C1. The first-order valence-electron chi connectivity index (χ1n) is 20.7. The molecule has 2 heterocycles. The Morgan fingerprint density at radius 2 is 1.23 bits per heavy atom. The fourth-order valence-corrected chi connectivity index (χ4v) is 11.8. The van der Waals surface area contributed by atoms with Crippen LogP contribution in [0.1, 0.15) is 56.9 Å². The number of rotatable bonds is 6. The molecule has 2 aliphatic rings. The van der Waals surface area contributed by atoms with Crippen molar-refractivity contribution < 1.29 is 0 Å². The lowest BCUT2D eigenvalue weighted by Crippen LogP contribution is -2.20. The minimum atomic E-state index is 0.578. The molecule has 0 spiro atoms. The summed E-state index contributed by atoms with van der Waals surface area (Å²) in [5.41, 5.74) is 11.4. The molecule has 2 unspecified atom stereocenters. The molecule has 2 aliphatic carbocycles. The molecule has 0 saturated heterocycles. The summed E-state index contributed by atoms with van der Waals surface area (Å²) in [5, 5.41) is 5.26. The minimum absolute atomic E-state index is 0.578. The van der Waals surface area contributed by atoms with Crippen molar-refractivity contribution in [3.05, 3.63) is 169 Å². The van der Waals surface area contributed by atoms with Crippen molar-refractivity contribution in [1.29, 1.82) is 0 Å². The zero-order chi connectivity index (χ0) is 37.2. The van der Waals surface area contributed by atoms with Crippen LogP contribution < -0.4 is 4.90 Å². The third-order valence-corrected chi connectivity index (χ3v) is 14.4. The van der Waals surface area contributed by atoms with Gasteiger partial charge in [-0.3, -0.25) is 0 Å². The number of para-hydroxylation sites is 3. The van der Waals surface area contributed by atoms with Crippen molar-refractivity contribution in [3.8, 4) is 16.8 Å². The van der Waals surface area contributed by atoms with E-state index in [1.807, 2.05) is 11.3 Å². The average Bonchev–Trinajstić information content (AvgIpc) is 3.94. The number of nitrogens with zero attached hydrogens (tertiary/aromatic N) is 2. The van der Waals surface area contributed by atoms with E-state index in [1.165, 1.54) is 120 Å². The second-order valence-corrected chi connectivity index (χ2v) is 17.6. The number of aromatic nitrogens is 1. The van der Waals surface area contributed by atoms with Gasteiger partial charge in [-0.15, -0.1) is 11.3 Å². The molecular weight excluding hydrogens is 697 g/mol. The zero-order valence-corrected chi connectivity index (χ0v) is 32.8. The van der Waals surface area contributed by atoms with Gasteiger partial charge >= 0.3 is 0 Å². The Morgan fingerprint density at radius 3 is 2.05 bits per heavy atom. The van der Waals surface area contributed by atoms with Crippen LogP contribution in [0.2, 0.25) is 0 Å². The minimum Gasteiger partial charge on any atom is -0.310 e. The third-order valence-electron chi connectivity index (χ3n) is 13.3. The number of thiophene rings is 1. The molecule has 2 fully saturated rings. The van der Waals surface area contributed by atoms with Crippen molar-refractivity contribution in [3.63, 3.8) is 0 Å². The Labute approximate surface area is 333 Å². The van der Waals surface area contributed by atoms with E-state index in [-0.39, 0.29) is 0 Å². The first kappa shape index (κ1) is 33.7. The highest BCUT2D eigenvalue weighted by molar-refractivity contribution is 7.25. The second-order valence-electron chi connectivity index (χ2n) is 16.5. The monoisotopic (exact) mass is 742 g/mol. The molecule has 11 rings (SSSR count). The summed E-state index contributed by atoms with van der Waals surface area (Å²) in [7, 11) is 0. The van der Waals surface area contributed by atoms with Crippen molar-refractivity contribution in [2.24, 2.45) is 17.8 Å². The van der Waals surface area contributed by atoms with E-state index >= 15 is 0 Å². The summed E-state index contributed by atoms with van der Waals surface area (Å²) in [6, 6.07) is 61.3. The highest BCUT2D eigenvalue weighted by Gasteiger charge is 2.39.